The van der Waals surface area contributed by atoms with Gasteiger partial charge in [0.25, 0.3) is 5.91 Å². The summed E-state index contributed by atoms with van der Waals surface area (Å²) >= 11 is 1.52. The van der Waals surface area contributed by atoms with E-state index in [0.29, 0.717) is 43.1 Å². The van der Waals surface area contributed by atoms with Gasteiger partial charge in [0.05, 0.1) is 18.2 Å². The first-order valence-electron chi connectivity index (χ1n) is 8.15. The number of nitrogens with zero attached hydrogens (tertiary/aromatic N) is 4. The molecule has 1 amide bonds. The lowest BCUT2D eigenvalue weighted by atomic mass is 10.2. The van der Waals surface area contributed by atoms with Crippen molar-refractivity contribution in [3.63, 3.8) is 0 Å². The Balaban J connectivity index is 1.71. The van der Waals surface area contributed by atoms with Crippen molar-refractivity contribution in [1.29, 1.82) is 0 Å². The Labute approximate surface area is 145 Å². The van der Waals surface area contributed by atoms with Crippen LogP contribution < -0.4 is 0 Å². The van der Waals surface area contributed by atoms with E-state index in [1.54, 1.807) is 4.90 Å². The maximum Gasteiger partial charge on any atom is 0.273 e. The van der Waals surface area contributed by atoms with Gasteiger partial charge in [-0.05, 0) is 0 Å². The van der Waals surface area contributed by atoms with Crippen molar-refractivity contribution >= 4 is 17.2 Å². The van der Waals surface area contributed by atoms with E-state index in [2.05, 4.69) is 29.0 Å². The lowest BCUT2D eigenvalue weighted by Crippen LogP contribution is -2.42. The summed E-state index contributed by atoms with van der Waals surface area (Å²) in [6.45, 7) is 9.49. The fraction of sp³-hybridized carbons (Fsp3) is 0.625. The maximum absolute atomic E-state index is 12.7. The van der Waals surface area contributed by atoms with Crippen LogP contribution in [0.5, 0.6) is 0 Å². The topological polar surface area (TPSA) is 81.4 Å². The summed E-state index contributed by atoms with van der Waals surface area (Å²) in [7, 11) is 0. The molecule has 0 aliphatic carbocycles. The van der Waals surface area contributed by atoms with Crippen molar-refractivity contribution in [3.05, 3.63) is 27.9 Å². The zero-order valence-corrected chi connectivity index (χ0v) is 15.2. The van der Waals surface area contributed by atoms with E-state index in [9.17, 15) is 4.79 Å². The Hall–Kier alpha value is -1.80. The van der Waals surface area contributed by atoms with Gasteiger partial charge in [0.2, 0.25) is 11.8 Å². The van der Waals surface area contributed by atoms with Crippen LogP contribution in [-0.2, 0) is 4.74 Å². The van der Waals surface area contributed by atoms with Crippen molar-refractivity contribution in [1.82, 2.24) is 20.1 Å². The van der Waals surface area contributed by atoms with Crippen LogP contribution in [0.3, 0.4) is 0 Å². The summed E-state index contributed by atoms with van der Waals surface area (Å²) in [5.41, 5.74) is 0.498. The van der Waals surface area contributed by atoms with Crippen molar-refractivity contribution in [3.8, 4) is 0 Å². The minimum atomic E-state index is -0.383. The number of ether oxygens (including phenoxy) is 1. The molecule has 130 valence electrons. The normalized spacial score (nSPS) is 18.6. The fourth-order valence-corrected chi connectivity index (χ4v) is 3.22. The van der Waals surface area contributed by atoms with Gasteiger partial charge in [-0.3, -0.25) is 4.79 Å². The maximum atomic E-state index is 12.7. The Kier molecular flexibility index (Phi) is 4.96. The van der Waals surface area contributed by atoms with E-state index >= 15 is 0 Å². The molecule has 2 aromatic heterocycles. The van der Waals surface area contributed by atoms with E-state index in [0.717, 1.165) is 5.01 Å². The molecule has 1 atom stereocenters. The number of rotatable bonds is 4. The predicted octanol–water partition coefficient (Wildman–Crippen LogP) is 2.99. The summed E-state index contributed by atoms with van der Waals surface area (Å²) < 4.78 is 11.4. The van der Waals surface area contributed by atoms with Gasteiger partial charge >= 0.3 is 0 Å². The smallest absolute Gasteiger partial charge is 0.273 e. The first-order valence-corrected chi connectivity index (χ1v) is 9.03. The summed E-state index contributed by atoms with van der Waals surface area (Å²) in [6, 6.07) is 0. The molecule has 0 N–H and O–H groups in total. The van der Waals surface area contributed by atoms with Crippen molar-refractivity contribution < 1.29 is 13.9 Å². The van der Waals surface area contributed by atoms with E-state index < -0.39 is 0 Å². The van der Waals surface area contributed by atoms with Crippen molar-refractivity contribution in [2.45, 2.75) is 45.6 Å². The third-order valence-electron chi connectivity index (χ3n) is 3.81. The largest absolute Gasteiger partial charge is 0.422 e. The van der Waals surface area contributed by atoms with Gasteiger partial charge < -0.3 is 14.1 Å². The Morgan fingerprint density at radius 3 is 2.71 bits per heavy atom. The third kappa shape index (κ3) is 3.49. The lowest BCUT2D eigenvalue weighted by Gasteiger charge is -2.30. The highest BCUT2D eigenvalue weighted by Gasteiger charge is 2.31. The van der Waals surface area contributed by atoms with E-state index in [-0.39, 0.29) is 17.9 Å². The molecule has 3 heterocycles. The summed E-state index contributed by atoms with van der Waals surface area (Å²) in [5.74, 6) is 1.42. The highest BCUT2D eigenvalue weighted by atomic mass is 32.1. The average molecular weight is 350 g/mol. The minimum absolute atomic E-state index is 0.0740. The first kappa shape index (κ1) is 17.0. The molecule has 1 aliphatic heterocycles. The molecule has 2 aromatic rings. The number of amides is 1. The van der Waals surface area contributed by atoms with Crippen LogP contribution in [0.4, 0.5) is 0 Å². The molecule has 24 heavy (non-hydrogen) atoms. The third-order valence-corrected chi connectivity index (χ3v) is 4.96. The van der Waals surface area contributed by atoms with Crippen LogP contribution in [0.2, 0.25) is 0 Å². The number of carbonyl (C=O) groups excluding carboxylic acids is 1. The molecule has 8 heteroatoms. The van der Waals surface area contributed by atoms with Gasteiger partial charge in [-0.2, -0.15) is 0 Å². The molecule has 0 unspecified atom stereocenters. The van der Waals surface area contributed by atoms with E-state index in [1.165, 1.54) is 11.3 Å². The van der Waals surface area contributed by atoms with Crippen LogP contribution in [0, 0.1) is 0 Å². The number of hydrogen-bond donors (Lipinski definition) is 0. The second kappa shape index (κ2) is 6.98. The SMILES string of the molecule is CC(C)c1nnc([C@@H]2CN(C(=O)c3csc(C(C)C)n3)CCO2)o1. The van der Waals surface area contributed by atoms with E-state index in [4.69, 9.17) is 9.15 Å². The number of thiazole rings is 1. The van der Waals surface area contributed by atoms with Crippen LogP contribution in [0.25, 0.3) is 0 Å². The second-order valence-electron chi connectivity index (χ2n) is 6.47. The molecule has 7 nitrogen and oxygen atoms in total. The number of hydrogen-bond acceptors (Lipinski definition) is 7. The number of carbonyl (C=O) groups is 1. The monoisotopic (exact) mass is 350 g/mol. The zero-order valence-electron chi connectivity index (χ0n) is 14.4. The molecule has 0 aromatic carbocycles. The zero-order chi connectivity index (χ0) is 17.3. The molecule has 0 radical (unpaired) electrons. The standard InChI is InChI=1S/C16H22N4O3S/c1-9(2)13-18-19-14(23-13)12-7-20(5-6-22-12)16(21)11-8-24-15(17-11)10(3)4/h8-10,12H,5-7H2,1-4H3/t12-/m0/s1. The van der Waals surface area contributed by atoms with Gasteiger partial charge in [-0.1, -0.05) is 27.7 Å². The summed E-state index contributed by atoms with van der Waals surface area (Å²) in [5, 5.41) is 10.9. The molecular formula is C16H22N4O3S. The predicted molar refractivity (Wildman–Crippen MR) is 89.2 cm³/mol. The van der Waals surface area contributed by atoms with Crippen molar-refractivity contribution in [2.24, 2.45) is 0 Å². The van der Waals surface area contributed by atoms with Crippen molar-refractivity contribution in [2.75, 3.05) is 19.7 Å². The van der Waals surface area contributed by atoms with Gasteiger partial charge in [-0.15, -0.1) is 21.5 Å². The lowest BCUT2D eigenvalue weighted by molar-refractivity contribution is -0.0352. The molecule has 1 saturated heterocycles. The Morgan fingerprint density at radius 1 is 1.29 bits per heavy atom. The highest BCUT2D eigenvalue weighted by Crippen LogP contribution is 2.25. The van der Waals surface area contributed by atoms with Crippen LogP contribution in [-0.4, -0.2) is 45.7 Å². The second-order valence-corrected chi connectivity index (χ2v) is 7.36. The molecule has 0 spiro atoms. The number of aromatic nitrogens is 3. The first-order chi connectivity index (χ1) is 11.5. The molecule has 0 bridgehead atoms. The fourth-order valence-electron chi connectivity index (χ4n) is 2.41. The van der Waals surface area contributed by atoms with Crippen LogP contribution in [0.15, 0.2) is 9.80 Å². The minimum Gasteiger partial charge on any atom is -0.422 e. The molecule has 1 fully saturated rings. The molecule has 1 aliphatic rings. The Morgan fingerprint density at radius 2 is 2.08 bits per heavy atom. The molecular weight excluding hydrogens is 328 g/mol. The van der Waals surface area contributed by atoms with Crippen LogP contribution >= 0.6 is 11.3 Å². The average Bonchev–Trinajstić information content (AvgIpc) is 3.24. The van der Waals surface area contributed by atoms with Gasteiger partial charge in [0, 0.05) is 23.8 Å². The highest BCUT2D eigenvalue weighted by molar-refractivity contribution is 7.09. The quantitative estimate of drug-likeness (QED) is 0.843. The molecule has 0 saturated carbocycles. The van der Waals surface area contributed by atoms with Gasteiger partial charge in [0.1, 0.15) is 5.69 Å². The summed E-state index contributed by atoms with van der Waals surface area (Å²) in [6.07, 6.45) is -0.383. The van der Waals surface area contributed by atoms with Crippen LogP contribution in [0.1, 0.15) is 72.9 Å². The van der Waals surface area contributed by atoms with Gasteiger partial charge in [-0.25, -0.2) is 4.98 Å². The molecule has 3 rings (SSSR count). The van der Waals surface area contributed by atoms with E-state index in [1.807, 2.05) is 19.2 Å². The Bertz CT molecular complexity index is 710. The summed E-state index contributed by atoms with van der Waals surface area (Å²) in [4.78, 5) is 18.9. The number of morpholine rings is 1. The van der Waals surface area contributed by atoms with Gasteiger partial charge in [0.15, 0.2) is 6.10 Å².